The fourth-order valence-corrected chi connectivity index (χ4v) is 5.21. The molecule has 3 aromatic rings. The lowest BCUT2D eigenvalue weighted by Crippen LogP contribution is -2.37. The summed E-state index contributed by atoms with van der Waals surface area (Å²) in [4.78, 5) is 26.4. The topological polar surface area (TPSA) is 46.2 Å². The maximum Gasteiger partial charge on any atom is 0.232 e. The van der Waals surface area contributed by atoms with Crippen molar-refractivity contribution in [2.45, 2.75) is 18.8 Å². The van der Waals surface area contributed by atoms with Gasteiger partial charge in [0, 0.05) is 27.2 Å². The van der Waals surface area contributed by atoms with Crippen LogP contribution in [0, 0.1) is 6.92 Å². The van der Waals surface area contributed by atoms with Gasteiger partial charge >= 0.3 is 0 Å². The summed E-state index contributed by atoms with van der Waals surface area (Å²) >= 11 is 3.60. The van der Waals surface area contributed by atoms with Crippen LogP contribution in [-0.4, -0.2) is 11.7 Å². The van der Waals surface area contributed by atoms with Crippen molar-refractivity contribution in [3.8, 4) is 0 Å². The molecule has 3 aromatic carbocycles. The number of hydrogen-bond acceptors (Lipinski definition) is 2. The average Bonchev–Trinajstić information content (AvgIpc) is 2.68. The van der Waals surface area contributed by atoms with Crippen molar-refractivity contribution >= 4 is 33.3 Å². The van der Waals surface area contributed by atoms with Crippen molar-refractivity contribution in [1.82, 2.24) is 0 Å². The van der Waals surface area contributed by atoms with Gasteiger partial charge in [0.1, 0.15) is 0 Å². The Morgan fingerprint density at radius 3 is 2.41 bits per heavy atom. The van der Waals surface area contributed by atoms with Gasteiger partial charge in [-0.15, -0.1) is 0 Å². The summed E-state index contributed by atoms with van der Waals surface area (Å²) in [5.41, 5.74) is 5.90. The van der Waals surface area contributed by atoms with E-state index in [-0.39, 0.29) is 23.5 Å². The van der Waals surface area contributed by atoms with Gasteiger partial charge < -0.3 is 5.32 Å². The second kappa shape index (κ2) is 5.89. The average molecular weight is 418 g/mol. The van der Waals surface area contributed by atoms with Crippen LogP contribution in [0.2, 0.25) is 0 Å². The number of amides is 1. The number of aryl methyl sites for hydroxylation is 1. The van der Waals surface area contributed by atoms with Crippen LogP contribution >= 0.6 is 15.9 Å². The molecule has 2 unspecified atom stereocenters. The van der Waals surface area contributed by atoms with Crippen molar-refractivity contribution in [1.29, 1.82) is 0 Å². The quantitative estimate of drug-likeness (QED) is 0.593. The first-order chi connectivity index (χ1) is 13.1. The molecule has 0 radical (unpaired) electrons. The lowest BCUT2D eigenvalue weighted by atomic mass is 9.67. The van der Waals surface area contributed by atoms with Crippen LogP contribution in [0.1, 0.15) is 50.0 Å². The van der Waals surface area contributed by atoms with Crippen LogP contribution in [0.5, 0.6) is 0 Å². The lowest BCUT2D eigenvalue weighted by molar-refractivity contribution is -0.118. The molecule has 0 fully saturated rings. The summed E-state index contributed by atoms with van der Waals surface area (Å²) in [6.45, 7) is 1.96. The fourth-order valence-electron chi connectivity index (χ4n) is 4.48. The third-order valence-electron chi connectivity index (χ3n) is 5.62. The van der Waals surface area contributed by atoms with E-state index in [2.05, 4.69) is 21.2 Å². The molecule has 5 rings (SSSR count). The first-order valence-corrected chi connectivity index (χ1v) is 9.69. The van der Waals surface area contributed by atoms with Gasteiger partial charge in [-0.3, -0.25) is 9.59 Å². The molecule has 0 bridgehead atoms. The molecule has 0 aromatic heterocycles. The summed E-state index contributed by atoms with van der Waals surface area (Å²) in [5.74, 6) is -0.580. The molecule has 1 N–H and O–H groups in total. The van der Waals surface area contributed by atoms with E-state index in [4.69, 9.17) is 0 Å². The zero-order valence-electron chi connectivity index (χ0n) is 14.6. The predicted molar refractivity (Wildman–Crippen MR) is 108 cm³/mol. The zero-order chi connectivity index (χ0) is 18.7. The highest BCUT2D eigenvalue weighted by molar-refractivity contribution is 9.10. The number of rotatable bonds is 1. The number of anilines is 1. The van der Waals surface area contributed by atoms with Crippen LogP contribution in [0.15, 0.2) is 65.1 Å². The lowest BCUT2D eigenvalue weighted by Gasteiger charge is -2.39. The third kappa shape index (κ3) is 2.26. The molecule has 4 heteroatoms. The predicted octanol–water partition coefficient (Wildman–Crippen LogP) is 5.17. The van der Waals surface area contributed by atoms with E-state index in [1.807, 2.05) is 67.6 Å². The molecular formula is C23H16BrNO2. The monoisotopic (exact) mass is 417 g/mol. The van der Waals surface area contributed by atoms with Crippen molar-refractivity contribution in [2.24, 2.45) is 0 Å². The van der Waals surface area contributed by atoms with E-state index in [0.29, 0.717) is 11.1 Å². The molecule has 1 amide bonds. The number of nitrogens with one attached hydrogen (secondary N) is 1. The molecule has 1 heterocycles. The summed E-state index contributed by atoms with van der Waals surface area (Å²) in [6, 6.07) is 19.4. The summed E-state index contributed by atoms with van der Waals surface area (Å²) in [6.07, 6.45) is 0. The third-order valence-corrected chi connectivity index (χ3v) is 6.24. The number of ketones is 1. The highest BCUT2D eigenvalue weighted by atomic mass is 79.9. The van der Waals surface area contributed by atoms with Crippen molar-refractivity contribution in [3.63, 3.8) is 0 Å². The highest BCUT2D eigenvalue weighted by Gasteiger charge is 2.45. The summed E-state index contributed by atoms with van der Waals surface area (Å²) in [7, 11) is 0. The molecule has 0 saturated carbocycles. The van der Waals surface area contributed by atoms with Gasteiger partial charge in [0.25, 0.3) is 0 Å². The van der Waals surface area contributed by atoms with E-state index in [1.54, 1.807) is 0 Å². The number of fused-ring (bicyclic) bond motifs is 2. The van der Waals surface area contributed by atoms with Crippen molar-refractivity contribution in [2.75, 3.05) is 5.32 Å². The Morgan fingerprint density at radius 2 is 1.63 bits per heavy atom. The first kappa shape index (κ1) is 16.5. The Kier molecular flexibility index (Phi) is 3.59. The van der Waals surface area contributed by atoms with E-state index in [0.717, 1.165) is 32.4 Å². The minimum Gasteiger partial charge on any atom is -0.325 e. The van der Waals surface area contributed by atoms with Crippen molar-refractivity contribution in [3.05, 3.63) is 98.5 Å². The Bertz CT molecular complexity index is 1120. The van der Waals surface area contributed by atoms with Gasteiger partial charge in [-0.2, -0.15) is 0 Å². The van der Waals surface area contributed by atoms with Gasteiger partial charge in [-0.25, -0.2) is 0 Å². The van der Waals surface area contributed by atoms with Gasteiger partial charge in [-0.05, 0) is 35.2 Å². The molecule has 0 saturated heterocycles. The first-order valence-electron chi connectivity index (χ1n) is 8.90. The minimum atomic E-state index is -0.375. The molecule has 2 aliphatic rings. The Balaban J connectivity index is 1.88. The van der Waals surface area contributed by atoms with E-state index in [9.17, 15) is 9.59 Å². The molecular weight excluding hydrogens is 402 g/mol. The Morgan fingerprint density at radius 1 is 0.926 bits per heavy atom. The maximum absolute atomic E-state index is 13.3. The van der Waals surface area contributed by atoms with E-state index < -0.39 is 0 Å². The molecule has 27 heavy (non-hydrogen) atoms. The van der Waals surface area contributed by atoms with E-state index >= 15 is 0 Å². The molecule has 3 nitrogen and oxygen atoms in total. The number of carbonyl (C=O) groups excluding carboxylic acids is 2. The Labute approximate surface area is 165 Å². The van der Waals surface area contributed by atoms with Crippen LogP contribution in [0.25, 0.3) is 0 Å². The number of benzene rings is 3. The number of hydrogen-bond donors (Lipinski definition) is 1. The summed E-state index contributed by atoms with van der Waals surface area (Å²) in [5, 5.41) is 3.08. The smallest absolute Gasteiger partial charge is 0.232 e. The molecule has 1 aliphatic carbocycles. The SMILES string of the molecule is Cc1cc(Br)c2c3c1NC(=O)C(c1ccccc1)C3c1ccccc1C2=O. The fraction of sp³-hybridized carbons (Fsp3) is 0.130. The van der Waals surface area contributed by atoms with Gasteiger partial charge in [0.05, 0.1) is 5.92 Å². The van der Waals surface area contributed by atoms with E-state index in [1.165, 1.54) is 0 Å². The molecule has 1 aliphatic heterocycles. The standard InChI is InChI=1S/C23H16BrNO2/c1-12-11-16(24)19-20-18(14-9-5-6-10-15(14)22(19)26)17(23(27)25-21(12)20)13-7-3-2-4-8-13/h2-11,17-18H,1H3,(H,25,27). The molecule has 2 atom stereocenters. The second-order valence-corrected chi connectivity index (χ2v) is 7.96. The minimum absolute atomic E-state index is 0.00735. The maximum atomic E-state index is 13.3. The zero-order valence-corrected chi connectivity index (χ0v) is 16.2. The molecule has 132 valence electrons. The Hall–Kier alpha value is -2.72. The van der Waals surface area contributed by atoms with Gasteiger partial charge in [-0.1, -0.05) is 70.5 Å². The van der Waals surface area contributed by atoms with Crippen LogP contribution in [0.4, 0.5) is 5.69 Å². The van der Waals surface area contributed by atoms with Gasteiger partial charge in [0.2, 0.25) is 5.91 Å². The van der Waals surface area contributed by atoms with Crippen LogP contribution < -0.4 is 5.32 Å². The number of carbonyl (C=O) groups is 2. The van der Waals surface area contributed by atoms with Crippen molar-refractivity contribution < 1.29 is 9.59 Å². The largest absolute Gasteiger partial charge is 0.325 e. The van der Waals surface area contributed by atoms with Crippen LogP contribution in [-0.2, 0) is 4.79 Å². The second-order valence-electron chi connectivity index (χ2n) is 7.11. The normalized spacial score (nSPS) is 19.9. The highest BCUT2D eigenvalue weighted by Crippen LogP contribution is 2.53. The number of halogens is 1. The summed E-state index contributed by atoms with van der Waals surface area (Å²) < 4.78 is 0.784. The van der Waals surface area contributed by atoms with Crippen LogP contribution in [0.3, 0.4) is 0 Å². The van der Waals surface area contributed by atoms with Gasteiger partial charge in [0.15, 0.2) is 5.78 Å². The molecule has 0 spiro atoms.